The van der Waals surface area contributed by atoms with E-state index in [0.29, 0.717) is 11.1 Å². The highest BCUT2D eigenvalue weighted by molar-refractivity contribution is 7.49. The molecule has 0 aromatic heterocycles. The van der Waals surface area contributed by atoms with Crippen molar-refractivity contribution in [2.24, 2.45) is 0 Å². The van der Waals surface area contributed by atoms with Crippen LogP contribution in [-0.4, -0.2) is 27.5 Å². The summed E-state index contributed by atoms with van der Waals surface area (Å²) >= 11 is 0. The minimum atomic E-state index is -4.17. The predicted octanol–water partition coefficient (Wildman–Crippen LogP) is 1.53. The lowest BCUT2D eigenvalue weighted by Crippen LogP contribution is -2.23. The van der Waals surface area contributed by atoms with Crippen LogP contribution < -0.4 is 0 Å². The largest absolute Gasteiger partial charge is 0.403 e. The molecule has 4 nitrogen and oxygen atoms in total. The monoisotopic (exact) mass is 205 g/mol. The Balaban J connectivity index is 4.47. The van der Waals surface area contributed by atoms with Gasteiger partial charge < -0.3 is 9.79 Å². The van der Waals surface area contributed by atoms with Gasteiger partial charge in [0.2, 0.25) is 0 Å². The van der Waals surface area contributed by atoms with Crippen LogP contribution in [0.3, 0.4) is 0 Å². The molecule has 13 heavy (non-hydrogen) atoms. The normalized spacial score (nSPS) is 11.8. The highest BCUT2D eigenvalue weighted by atomic mass is 31.2. The van der Waals surface area contributed by atoms with E-state index in [1.807, 2.05) is 0 Å². The smallest absolute Gasteiger partial charge is 0.312 e. The highest BCUT2D eigenvalue weighted by Gasteiger charge is 2.24. The molecule has 0 radical (unpaired) electrons. The molecule has 0 aliphatic carbocycles. The van der Waals surface area contributed by atoms with E-state index < -0.39 is 7.75 Å². The maximum Gasteiger partial charge on any atom is 0.403 e. The fourth-order valence-corrected chi connectivity index (χ4v) is 1.71. The molecule has 2 N–H and O–H groups in total. The summed E-state index contributed by atoms with van der Waals surface area (Å²) in [6.07, 6.45) is 0. The molecule has 0 spiro atoms. The molecular weight excluding hydrogens is 189 g/mol. The van der Waals surface area contributed by atoms with E-state index >= 15 is 0 Å². The van der Waals surface area contributed by atoms with Gasteiger partial charge in [-0.25, -0.2) is 9.24 Å². The molecule has 0 amide bonds. The van der Waals surface area contributed by atoms with Gasteiger partial charge in [-0.1, -0.05) is 24.3 Å². The average molecular weight is 205 g/mol. The molecule has 0 aromatic carbocycles. The predicted molar refractivity (Wildman–Crippen MR) is 53.2 cm³/mol. The van der Waals surface area contributed by atoms with Crippen molar-refractivity contribution < 1.29 is 14.4 Å². The molecule has 0 unspecified atom stereocenters. The van der Waals surface area contributed by atoms with E-state index in [0.717, 1.165) is 4.67 Å². The second-order valence-electron chi connectivity index (χ2n) is 3.25. The van der Waals surface area contributed by atoms with Crippen LogP contribution in [0.1, 0.15) is 13.8 Å². The Hall–Kier alpha value is -0.410. The molecule has 0 fully saturated rings. The van der Waals surface area contributed by atoms with Crippen LogP contribution in [0.15, 0.2) is 24.3 Å². The lowest BCUT2D eigenvalue weighted by molar-refractivity contribution is 0.287. The first-order valence-corrected chi connectivity index (χ1v) is 5.39. The molecule has 0 aliphatic heterocycles. The lowest BCUT2D eigenvalue weighted by atomic mass is 10.3. The SMILES string of the molecule is C=C(C)CN(CC(=C)C)P(=O)(O)O. The van der Waals surface area contributed by atoms with Crippen LogP contribution >= 0.6 is 7.75 Å². The molecule has 0 aromatic rings. The summed E-state index contributed by atoms with van der Waals surface area (Å²) in [4.78, 5) is 17.9. The highest BCUT2D eigenvalue weighted by Crippen LogP contribution is 2.40. The van der Waals surface area contributed by atoms with Crippen LogP contribution in [0.4, 0.5) is 0 Å². The summed E-state index contributed by atoms with van der Waals surface area (Å²) in [5.41, 5.74) is 1.43. The van der Waals surface area contributed by atoms with Crippen molar-refractivity contribution >= 4 is 7.75 Å². The third-order valence-corrected chi connectivity index (χ3v) is 2.29. The second kappa shape index (κ2) is 4.72. The van der Waals surface area contributed by atoms with Crippen LogP contribution in [-0.2, 0) is 4.57 Å². The van der Waals surface area contributed by atoms with Crippen LogP contribution in [0.25, 0.3) is 0 Å². The first-order valence-electron chi connectivity index (χ1n) is 3.83. The van der Waals surface area contributed by atoms with Gasteiger partial charge in [-0.3, -0.25) is 0 Å². The summed E-state index contributed by atoms with van der Waals surface area (Å²) < 4.78 is 12.0. The number of hydrogen-bond donors (Lipinski definition) is 2. The van der Waals surface area contributed by atoms with E-state index in [-0.39, 0.29) is 13.1 Å². The topological polar surface area (TPSA) is 60.8 Å². The number of hydrogen-bond acceptors (Lipinski definition) is 1. The standard InChI is InChI=1S/C8H16NO3P/c1-7(2)5-9(6-8(3)4)13(10,11)12/h1,3,5-6H2,2,4H3,(H2,10,11,12). The Morgan fingerprint density at radius 1 is 1.23 bits per heavy atom. The Bertz CT molecular complexity index is 240. The average Bonchev–Trinajstić information content (AvgIpc) is 1.81. The maximum atomic E-state index is 10.9. The summed E-state index contributed by atoms with van der Waals surface area (Å²) in [5.74, 6) is 0. The quantitative estimate of drug-likeness (QED) is 0.528. The zero-order chi connectivity index (χ0) is 10.6. The first kappa shape index (κ1) is 12.6. The zero-order valence-electron chi connectivity index (χ0n) is 8.03. The van der Waals surface area contributed by atoms with E-state index in [2.05, 4.69) is 13.2 Å². The van der Waals surface area contributed by atoms with Crippen molar-refractivity contribution in [3.05, 3.63) is 24.3 Å². The summed E-state index contributed by atoms with van der Waals surface area (Å²) in [6, 6.07) is 0. The van der Waals surface area contributed by atoms with Crippen molar-refractivity contribution in [2.75, 3.05) is 13.1 Å². The van der Waals surface area contributed by atoms with Crippen molar-refractivity contribution in [1.82, 2.24) is 4.67 Å². The minimum Gasteiger partial charge on any atom is -0.312 e. The molecular formula is C8H16NO3P. The van der Waals surface area contributed by atoms with Gasteiger partial charge in [0, 0.05) is 13.1 Å². The Labute approximate surface area is 78.8 Å². The van der Waals surface area contributed by atoms with E-state index in [9.17, 15) is 4.57 Å². The Morgan fingerprint density at radius 3 is 1.69 bits per heavy atom. The molecule has 0 saturated carbocycles. The summed E-state index contributed by atoms with van der Waals surface area (Å²) in [5, 5.41) is 0. The third kappa shape index (κ3) is 5.77. The Morgan fingerprint density at radius 2 is 1.54 bits per heavy atom. The molecule has 0 heterocycles. The van der Waals surface area contributed by atoms with Crippen molar-refractivity contribution in [3.8, 4) is 0 Å². The van der Waals surface area contributed by atoms with Gasteiger partial charge in [-0.2, -0.15) is 0 Å². The molecule has 0 bridgehead atoms. The van der Waals surface area contributed by atoms with Gasteiger partial charge in [0.05, 0.1) is 0 Å². The van der Waals surface area contributed by atoms with Gasteiger partial charge in [0.1, 0.15) is 0 Å². The van der Waals surface area contributed by atoms with E-state index in [4.69, 9.17) is 9.79 Å². The van der Waals surface area contributed by atoms with Crippen molar-refractivity contribution in [3.63, 3.8) is 0 Å². The number of rotatable bonds is 5. The molecule has 76 valence electrons. The zero-order valence-corrected chi connectivity index (χ0v) is 8.92. The van der Waals surface area contributed by atoms with Crippen LogP contribution in [0.2, 0.25) is 0 Å². The van der Waals surface area contributed by atoms with Crippen molar-refractivity contribution in [1.29, 1.82) is 0 Å². The minimum absolute atomic E-state index is 0.192. The summed E-state index contributed by atoms with van der Waals surface area (Å²) in [7, 11) is -4.17. The van der Waals surface area contributed by atoms with Crippen LogP contribution in [0, 0.1) is 0 Å². The van der Waals surface area contributed by atoms with Gasteiger partial charge in [-0.15, -0.1) is 0 Å². The third-order valence-electron chi connectivity index (χ3n) is 1.27. The van der Waals surface area contributed by atoms with Crippen LogP contribution in [0.5, 0.6) is 0 Å². The fourth-order valence-electron chi connectivity index (χ4n) is 0.863. The fraction of sp³-hybridized carbons (Fsp3) is 0.500. The molecule has 0 rings (SSSR count). The van der Waals surface area contributed by atoms with Gasteiger partial charge in [-0.05, 0) is 13.8 Å². The molecule has 5 heteroatoms. The molecule has 0 aliphatic rings. The Kier molecular flexibility index (Phi) is 4.57. The van der Waals surface area contributed by atoms with Crippen molar-refractivity contribution in [2.45, 2.75) is 13.8 Å². The van der Waals surface area contributed by atoms with E-state index in [1.165, 1.54) is 0 Å². The van der Waals surface area contributed by atoms with Gasteiger partial charge in [0.15, 0.2) is 0 Å². The number of nitrogens with zero attached hydrogens (tertiary/aromatic N) is 1. The molecule has 0 saturated heterocycles. The van der Waals surface area contributed by atoms with Gasteiger partial charge >= 0.3 is 7.75 Å². The van der Waals surface area contributed by atoms with E-state index in [1.54, 1.807) is 13.8 Å². The lowest BCUT2D eigenvalue weighted by Gasteiger charge is -2.22. The first-order chi connectivity index (χ1) is 5.73. The molecule has 0 atom stereocenters. The van der Waals surface area contributed by atoms with Gasteiger partial charge in [0.25, 0.3) is 0 Å². The maximum absolute atomic E-state index is 10.9. The second-order valence-corrected chi connectivity index (χ2v) is 4.84. The summed E-state index contributed by atoms with van der Waals surface area (Å²) in [6.45, 7) is 11.0.